The zero-order valence-corrected chi connectivity index (χ0v) is 8.50. The Balaban J connectivity index is 1.85. The van der Waals surface area contributed by atoms with Gasteiger partial charge in [0, 0.05) is 13.1 Å². The number of hydrogen-bond acceptors (Lipinski definition) is 1. The van der Waals surface area contributed by atoms with Crippen molar-refractivity contribution >= 4 is 0 Å². The monoisotopic (exact) mass is 187 g/mol. The molecular weight excluding hydrogens is 170 g/mol. The summed E-state index contributed by atoms with van der Waals surface area (Å²) in [5.41, 5.74) is 3.13. The van der Waals surface area contributed by atoms with Crippen LogP contribution in [0.25, 0.3) is 0 Å². The molecule has 2 aliphatic rings. The normalized spacial score (nSPS) is 25.9. The van der Waals surface area contributed by atoms with Crippen LogP contribution in [0.4, 0.5) is 0 Å². The zero-order chi connectivity index (χ0) is 9.38. The van der Waals surface area contributed by atoms with Crippen molar-refractivity contribution in [2.24, 2.45) is 5.92 Å². The Morgan fingerprint density at radius 2 is 2.07 bits per heavy atom. The maximum atomic E-state index is 3.52. The summed E-state index contributed by atoms with van der Waals surface area (Å²) < 4.78 is 0. The van der Waals surface area contributed by atoms with Gasteiger partial charge in [0.15, 0.2) is 0 Å². The van der Waals surface area contributed by atoms with Crippen molar-refractivity contribution in [3.8, 4) is 0 Å². The molecule has 1 N–H and O–H groups in total. The van der Waals surface area contributed by atoms with Gasteiger partial charge in [-0.25, -0.2) is 0 Å². The van der Waals surface area contributed by atoms with Crippen molar-refractivity contribution in [3.05, 3.63) is 35.4 Å². The number of hydrogen-bond donors (Lipinski definition) is 1. The molecule has 74 valence electrons. The average Bonchev–Trinajstić information content (AvgIpc) is 3.03. The first-order valence-corrected chi connectivity index (χ1v) is 5.72. The molecule has 0 aromatic heterocycles. The molecule has 0 amide bonds. The van der Waals surface area contributed by atoms with E-state index in [0.717, 1.165) is 18.4 Å². The van der Waals surface area contributed by atoms with Crippen LogP contribution in [-0.4, -0.2) is 6.54 Å². The van der Waals surface area contributed by atoms with Gasteiger partial charge in [-0.05, 0) is 29.4 Å². The molecule has 14 heavy (non-hydrogen) atoms. The fourth-order valence-electron chi connectivity index (χ4n) is 2.55. The fraction of sp³-hybridized carbons (Fsp3) is 0.538. The van der Waals surface area contributed by atoms with Gasteiger partial charge in [-0.3, -0.25) is 0 Å². The van der Waals surface area contributed by atoms with Gasteiger partial charge in [0.25, 0.3) is 0 Å². The molecule has 0 radical (unpaired) electrons. The molecule has 0 spiro atoms. The zero-order valence-electron chi connectivity index (χ0n) is 8.50. The molecule has 1 fully saturated rings. The van der Waals surface area contributed by atoms with Gasteiger partial charge in [-0.2, -0.15) is 0 Å². The number of rotatable bonds is 2. The van der Waals surface area contributed by atoms with E-state index in [1.54, 1.807) is 5.56 Å². The first kappa shape index (κ1) is 8.49. The van der Waals surface area contributed by atoms with E-state index in [9.17, 15) is 0 Å². The van der Waals surface area contributed by atoms with Gasteiger partial charge in [-0.15, -0.1) is 0 Å². The highest BCUT2D eigenvalue weighted by Gasteiger charge is 2.28. The minimum Gasteiger partial charge on any atom is -0.312 e. The van der Waals surface area contributed by atoms with Crippen LogP contribution in [-0.2, 0) is 6.54 Å². The maximum Gasteiger partial charge on any atom is 0.0208 e. The van der Waals surface area contributed by atoms with Crippen molar-refractivity contribution in [1.29, 1.82) is 0 Å². The Hall–Kier alpha value is -0.820. The van der Waals surface area contributed by atoms with Crippen LogP contribution in [0.3, 0.4) is 0 Å². The Morgan fingerprint density at radius 3 is 2.93 bits per heavy atom. The molecule has 1 aromatic carbocycles. The van der Waals surface area contributed by atoms with E-state index in [1.165, 1.54) is 31.4 Å². The minimum atomic E-state index is 0.785. The summed E-state index contributed by atoms with van der Waals surface area (Å²) in [6.45, 7) is 2.25. The molecule has 3 rings (SSSR count). The molecule has 1 aliphatic carbocycles. The van der Waals surface area contributed by atoms with Crippen molar-refractivity contribution < 1.29 is 0 Å². The van der Waals surface area contributed by atoms with Gasteiger partial charge >= 0.3 is 0 Å². The third-order valence-corrected chi connectivity index (χ3v) is 3.52. The molecule has 0 bridgehead atoms. The van der Waals surface area contributed by atoms with Crippen molar-refractivity contribution in [1.82, 2.24) is 5.32 Å². The molecule has 1 heteroatoms. The van der Waals surface area contributed by atoms with Gasteiger partial charge in [0.05, 0.1) is 0 Å². The largest absolute Gasteiger partial charge is 0.312 e. The van der Waals surface area contributed by atoms with E-state index in [0.29, 0.717) is 0 Å². The summed E-state index contributed by atoms with van der Waals surface area (Å²) in [5, 5.41) is 3.52. The lowest BCUT2D eigenvalue weighted by Crippen LogP contribution is -2.28. The molecule has 1 saturated carbocycles. The summed E-state index contributed by atoms with van der Waals surface area (Å²) >= 11 is 0. The van der Waals surface area contributed by atoms with Gasteiger partial charge in [-0.1, -0.05) is 37.1 Å². The van der Waals surface area contributed by atoms with Crippen LogP contribution >= 0.6 is 0 Å². The number of fused-ring (bicyclic) bond motifs is 1. The number of benzene rings is 1. The minimum absolute atomic E-state index is 0.785. The van der Waals surface area contributed by atoms with Crippen LogP contribution < -0.4 is 5.32 Å². The predicted molar refractivity (Wildman–Crippen MR) is 58.2 cm³/mol. The van der Waals surface area contributed by atoms with E-state index < -0.39 is 0 Å². The fourth-order valence-corrected chi connectivity index (χ4v) is 2.55. The van der Waals surface area contributed by atoms with Gasteiger partial charge < -0.3 is 5.32 Å². The Labute approximate surface area is 85.5 Å². The lowest BCUT2D eigenvalue weighted by molar-refractivity contribution is 0.491. The van der Waals surface area contributed by atoms with Crippen LogP contribution in [0, 0.1) is 5.92 Å². The van der Waals surface area contributed by atoms with Gasteiger partial charge in [0.1, 0.15) is 0 Å². The Kier molecular flexibility index (Phi) is 2.06. The van der Waals surface area contributed by atoms with E-state index in [4.69, 9.17) is 0 Å². The van der Waals surface area contributed by atoms with E-state index >= 15 is 0 Å². The first-order valence-electron chi connectivity index (χ1n) is 5.72. The Bertz CT molecular complexity index is 328. The molecule has 1 atom stereocenters. The predicted octanol–water partition coefficient (Wildman–Crippen LogP) is 2.67. The van der Waals surface area contributed by atoms with E-state index in [-0.39, 0.29) is 0 Å². The SMILES string of the molecule is c1ccc2c(c1)CNCC2CC1CC1. The highest BCUT2D eigenvalue weighted by Crippen LogP contribution is 2.39. The molecule has 1 aromatic rings. The third-order valence-electron chi connectivity index (χ3n) is 3.52. The van der Waals surface area contributed by atoms with Crippen LogP contribution in [0.5, 0.6) is 0 Å². The van der Waals surface area contributed by atoms with Crippen molar-refractivity contribution in [3.63, 3.8) is 0 Å². The molecular formula is C13H17N. The number of nitrogens with one attached hydrogen (secondary N) is 1. The summed E-state index contributed by atoms with van der Waals surface area (Å²) in [6, 6.07) is 8.93. The highest BCUT2D eigenvalue weighted by atomic mass is 14.9. The third kappa shape index (κ3) is 1.57. The standard InChI is InChI=1S/C13H17N/c1-2-4-13-11(3-1)8-14-9-12(13)7-10-5-6-10/h1-4,10,12,14H,5-9H2. The first-order chi connectivity index (χ1) is 6.93. The second kappa shape index (κ2) is 3.39. The molecule has 1 heterocycles. The van der Waals surface area contributed by atoms with Crippen LogP contribution in [0.2, 0.25) is 0 Å². The van der Waals surface area contributed by atoms with Crippen molar-refractivity contribution in [2.75, 3.05) is 6.54 Å². The second-order valence-corrected chi connectivity index (χ2v) is 4.71. The second-order valence-electron chi connectivity index (χ2n) is 4.71. The topological polar surface area (TPSA) is 12.0 Å². The van der Waals surface area contributed by atoms with E-state index in [2.05, 4.69) is 29.6 Å². The average molecular weight is 187 g/mol. The molecule has 0 saturated heterocycles. The maximum absolute atomic E-state index is 3.52. The van der Waals surface area contributed by atoms with Crippen LogP contribution in [0.15, 0.2) is 24.3 Å². The van der Waals surface area contributed by atoms with Crippen molar-refractivity contribution in [2.45, 2.75) is 31.7 Å². The quantitative estimate of drug-likeness (QED) is 0.750. The summed E-state index contributed by atoms with van der Waals surface area (Å²) in [7, 11) is 0. The molecule has 1 nitrogen and oxygen atoms in total. The van der Waals surface area contributed by atoms with E-state index in [1.807, 2.05) is 0 Å². The molecule has 1 aliphatic heterocycles. The van der Waals surface area contributed by atoms with Crippen LogP contribution in [0.1, 0.15) is 36.3 Å². The summed E-state index contributed by atoms with van der Waals surface area (Å²) in [4.78, 5) is 0. The lowest BCUT2D eigenvalue weighted by Gasteiger charge is -2.26. The highest BCUT2D eigenvalue weighted by molar-refractivity contribution is 5.32. The Morgan fingerprint density at radius 1 is 1.21 bits per heavy atom. The van der Waals surface area contributed by atoms with Gasteiger partial charge in [0.2, 0.25) is 0 Å². The lowest BCUT2D eigenvalue weighted by atomic mass is 9.87. The molecule has 1 unspecified atom stereocenters. The summed E-state index contributed by atoms with van der Waals surface area (Å²) in [6.07, 6.45) is 4.35. The smallest absolute Gasteiger partial charge is 0.0208 e. The summed E-state index contributed by atoms with van der Waals surface area (Å²) in [5.74, 6) is 1.82.